The summed E-state index contributed by atoms with van der Waals surface area (Å²) >= 11 is 1.38. The minimum atomic E-state index is -0.450. The van der Waals surface area contributed by atoms with E-state index in [1.807, 2.05) is 45.8 Å². The van der Waals surface area contributed by atoms with Crippen LogP contribution in [0.4, 0.5) is 14.6 Å². The fraction of sp³-hybridized carbons (Fsp3) is 0.393. The number of benzene rings is 2. The van der Waals surface area contributed by atoms with Crippen LogP contribution >= 0.6 is 11.8 Å². The second-order valence-corrected chi connectivity index (χ2v) is 11.7. The number of rotatable bonds is 7. The van der Waals surface area contributed by atoms with Gasteiger partial charge < -0.3 is 10.2 Å². The van der Waals surface area contributed by atoms with Crippen LogP contribution in [-0.4, -0.2) is 66.0 Å². The van der Waals surface area contributed by atoms with Crippen molar-refractivity contribution in [1.29, 1.82) is 0 Å². The molecule has 0 saturated carbocycles. The number of thioether (sulfide) groups is 1. The van der Waals surface area contributed by atoms with Gasteiger partial charge in [0.15, 0.2) is 0 Å². The first-order chi connectivity index (χ1) is 18.0. The summed E-state index contributed by atoms with van der Waals surface area (Å²) in [6.07, 6.45) is 0. The number of fused-ring (bicyclic) bond motifs is 1. The average Bonchev–Trinajstić information content (AvgIpc) is 3.17. The van der Waals surface area contributed by atoms with Crippen LogP contribution < -0.4 is 10.2 Å². The molecule has 0 unspecified atom stereocenters. The van der Waals surface area contributed by atoms with Gasteiger partial charge in [0, 0.05) is 24.1 Å². The molecule has 0 bridgehead atoms. The number of nitrogens with zero attached hydrogens (tertiary/aromatic N) is 4. The Bertz CT molecular complexity index is 1320. The van der Waals surface area contributed by atoms with Gasteiger partial charge in [-0.2, -0.15) is 5.10 Å². The van der Waals surface area contributed by atoms with Crippen molar-refractivity contribution in [2.24, 2.45) is 0 Å². The zero-order valence-corrected chi connectivity index (χ0v) is 23.1. The van der Waals surface area contributed by atoms with E-state index < -0.39 is 16.5 Å². The first-order valence-electron chi connectivity index (χ1n) is 12.4. The quantitative estimate of drug-likeness (QED) is 0.483. The van der Waals surface area contributed by atoms with Gasteiger partial charge in [0.25, 0.3) is 0 Å². The molecule has 1 N–H and O–H groups in total. The predicted molar refractivity (Wildman–Crippen MR) is 147 cm³/mol. The van der Waals surface area contributed by atoms with E-state index in [1.165, 1.54) is 40.9 Å². The van der Waals surface area contributed by atoms with Gasteiger partial charge in [0.2, 0.25) is 11.8 Å². The molecule has 1 aliphatic rings. The number of halogens is 2. The monoisotopic (exact) mass is 541 g/mol. The highest BCUT2D eigenvalue weighted by Crippen LogP contribution is 2.48. The number of anilines is 1. The SMILES string of the molecule is CN(C)CCNC(=O)CN1C(=O)CS[C@H](c2cccc(F)c2)c2c(C(C)(C)C)nn(-c3ccc(F)cc3)c21. The van der Waals surface area contributed by atoms with E-state index in [0.29, 0.717) is 35.9 Å². The van der Waals surface area contributed by atoms with Crippen molar-refractivity contribution in [3.63, 3.8) is 0 Å². The van der Waals surface area contributed by atoms with Crippen LogP contribution in [-0.2, 0) is 15.0 Å². The molecule has 4 rings (SSSR count). The zero-order chi connectivity index (χ0) is 27.6. The van der Waals surface area contributed by atoms with Crippen LogP contribution in [0.2, 0.25) is 0 Å². The molecule has 2 heterocycles. The van der Waals surface area contributed by atoms with Crippen molar-refractivity contribution in [2.75, 3.05) is 44.4 Å². The Labute approximate surface area is 226 Å². The van der Waals surface area contributed by atoms with E-state index in [-0.39, 0.29) is 29.9 Å². The van der Waals surface area contributed by atoms with Gasteiger partial charge in [0.1, 0.15) is 24.0 Å². The predicted octanol–water partition coefficient (Wildman–Crippen LogP) is 4.30. The normalized spacial score (nSPS) is 15.9. The highest BCUT2D eigenvalue weighted by molar-refractivity contribution is 8.00. The molecule has 1 aliphatic heterocycles. The molecule has 10 heteroatoms. The van der Waals surface area contributed by atoms with Gasteiger partial charge in [-0.25, -0.2) is 13.5 Å². The molecule has 0 fully saturated rings. The fourth-order valence-electron chi connectivity index (χ4n) is 4.39. The summed E-state index contributed by atoms with van der Waals surface area (Å²) in [5.74, 6) is -0.807. The molecule has 1 atom stereocenters. The number of hydrogen-bond donors (Lipinski definition) is 1. The third-order valence-corrected chi connectivity index (χ3v) is 7.46. The number of likely N-dealkylation sites (N-methyl/N-ethyl adjacent to an activating group) is 1. The molecule has 2 amide bonds. The summed E-state index contributed by atoms with van der Waals surface area (Å²) < 4.78 is 29.8. The second kappa shape index (κ2) is 11.2. The number of aromatic nitrogens is 2. The first-order valence-corrected chi connectivity index (χ1v) is 13.5. The number of hydrogen-bond acceptors (Lipinski definition) is 5. The van der Waals surface area contributed by atoms with Crippen molar-refractivity contribution < 1.29 is 18.4 Å². The highest BCUT2D eigenvalue weighted by Gasteiger charge is 2.40. The maximum absolute atomic E-state index is 14.3. The topological polar surface area (TPSA) is 70.5 Å². The maximum atomic E-state index is 14.3. The van der Waals surface area contributed by atoms with Gasteiger partial charge in [-0.3, -0.25) is 14.5 Å². The lowest BCUT2D eigenvalue weighted by atomic mass is 9.87. The fourth-order valence-corrected chi connectivity index (χ4v) is 5.57. The van der Waals surface area contributed by atoms with Crippen molar-refractivity contribution >= 4 is 29.4 Å². The highest BCUT2D eigenvalue weighted by atomic mass is 32.2. The Morgan fingerprint density at radius 2 is 1.84 bits per heavy atom. The van der Waals surface area contributed by atoms with Crippen LogP contribution in [0.5, 0.6) is 0 Å². The summed E-state index contributed by atoms with van der Waals surface area (Å²) in [5, 5.41) is 7.40. The Balaban J connectivity index is 1.92. The minimum absolute atomic E-state index is 0.0911. The van der Waals surface area contributed by atoms with Crippen molar-refractivity contribution in [2.45, 2.75) is 31.4 Å². The molecular weight excluding hydrogens is 508 g/mol. The summed E-state index contributed by atoms with van der Waals surface area (Å²) in [6.45, 7) is 6.94. The standard InChI is InChI=1S/C28H33F2N5O2S/c1-28(2,3)26-24-25(18-7-6-8-20(30)15-18)38-17-23(37)34(16-22(36)31-13-14-33(4)5)27(24)35(32-26)21-11-9-19(29)10-12-21/h6-12,15,25H,13-14,16-17H2,1-5H3,(H,31,36)/t25-/m1/s1. The molecule has 7 nitrogen and oxygen atoms in total. The van der Waals surface area contributed by atoms with Crippen LogP contribution in [0, 0.1) is 11.6 Å². The summed E-state index contributed by atoms with van der Waals surface area (Å²) in [4.78, 5) is 30.0. The Hall–Kier alpha value is -3.24. The lowest BCUT2D eigenvalue weighted by molar-refractivity contribution is -0.122. The average molecular weight is 542 g/mol. The zero-order valence-electron chi connectivity index (χ0n) is 22.3. The third kappa shape index (κ3) is 6.07. The van der Waals surface area contributed by atoms with E-state index in [0.717, 1.165) is 5.56 Å². The number of nitrogens with one attached hydrogen (secondary N) is 1. The van der Waals surface area contributed by atoms with Crippen LogP contribution in [0.15, 0.2) is 48.5 Å². The van der Waals surface area contributed by atoms with Crippen LogP contribution in [0.1, 0.15) is 42.8 Å². The summed E-state index contributed by atoms with van der Waals surface area (Å²) in [7, 11) is 3.83. The third-order valence-electron chi connectivity index (χ3n) is 6.20. The number of amides is 2. The van der Waals surface area contributed by atoms with Crippen molar-refractivity contribution in [3.05, 3.63) is 77.0 Å². The number of carbonyl (C=O) groups excluding carboxylic acids is 2. The van der Waals surface area contributed by atoms with Crippen molar-refractivity contribution in [3.8, 4) is 5.69 Å². The Kier molecular flexibility index (Phi) is 8.22. The van der Waals surface area contributed by atoms with E-state index in [1.54, 1.807) is 22.9 Å². The lowest BCUT2D eigenvalue weighted by Crippen LogP contribution is -2.43. The maximum Gasteiger partial charge on any atom is 0.240 e. The van der Waals surface area contributed by atoms with Gasteiger partial charge in [-0.05, 0) is 56.1 Å². The minimum Gasteiger partial charge on any atom is -0.353 e. The largest absolute Gasteiger partial charge is 0.353 e. The Morgan fingerprint density at radius 3 is 2.47 bits per heavy atom. The molecule has 0 spiro atoms. The van der Waals surface area contributed by atoms with E-state index in [2.05, 4.69) is 5.32 Å². The summed E-state index contributed by atoms with van der Waals surface area (Å²) in [6, 6.07) is 12.2. The van der Waals surface area contributed by atoms with Crippen molar-refractivity contribution in [1.82, 2.24) is 20.0 Å². The first kappa shape index (κ1) is 27.8. The van der Waals surface area contributed by atoms with E-state index in [9.17, 15) is 18.4 Å². The second-order valence-electron chi connectivity index (χ2n) is 10.6. The van der Waals surface area contributed by atoms with Gasteiger partial charge in [-0.15, -0.1) is 11.8 Å². The summed E-state index contributed by atoms with van der Waals surface area (Å²) in [5.41, 5.74) is 2.25. The van der Waals surface area contributed by atoms with Crippen LogP contribution in [0.25, 0.3) is 5.69 Å². The lowest BCUT2D eigenvalue weighted by Gasteiger charge is -2.24. The van der Waals surface area contributed by atoms with Gasteiger partial charge >= 0.3 is 0 Å². The molecule has 0 aliphatic carbocycles. The molecule has 0 saturated heterocycles. The molecule has 38 heavy (non-hydrogen) atoms. The smallest absolute Gasteiger partial charge is 0.240 e. The molecule has 2 aromatic carbocycles. The van der Waals surface area contributed by atoms with Crippen LogP contribution in [0.3, 0.4) is 0 Å². The van der Waals surface area contributed by atoms with E-state index in [4.69, 9.17) is 5.10 Å². The Morgan fingerprint density at radius 1 is 1.13 bits per heavy atom. The number of carbonyl (C=O) groups is 2. The molecular formula is C28H33F2N5O2S. The van der Waals surface area contributed by atoms with Gasteiger partial charge in [-0.1, -0.05) is 32.9 Å². The van der Waals surface area contributed by atoms with Gasteiger partial charge in [0.05, 0.1) is 22.4 Å². The van der Waals surface area contributed by atoms with E-state index >= 15 is 0 Å². The molecule has 0 radical (unpaired) electrons. The molecule has 202 valence electrons. The molecule has 1 aromatic heterocycles. The molecule has 3 aromatic rings.